The van der Waals surface area contributed by atoms with Crippen LogP contribution in [0.1, 0.15) is 56.4 Å². The molecule has 1 heteroatoms. The zero-order chi connectivity index (χ0) is 10.5. The minimum atomic E-state index is -0.121. The molecule has 15 heavy (non-hydrogen) atoms. The Morgan fingerprint density at radius 1 is 0.800 bits per heavy atom. The number of hydrogen-bond acceptors (Lipinski definition) is 0. The van der Waals surface area contributed by atoms with Crippen LogP contribution in [-0.4, -0.2) is 0 Å². The Hall–Kier alpha value is -0.850. The van der Waals surface area contributed by atoms with Gasteiger partial charge in [-0.2, -0.15) is 0 Å². The zero-order valence-electron chi connectivity index (χ0n) is 9.21. The number of benzene rings is 1. The lowest BCUT2D eigenvalue weighted by Gasteiger charge is -2.19. The normalized spacial score (nSPS) is 19.5. The first-order valence-electron chi connectivity index (χ1n) is 6.12. The van der Waals surface area contributed by atoms with Crippen molar-refractivity contribution in [1.82, 2.24) is 0 Å². The van der Waals surface area contributed by atoms with Gasteiger partial charge >= 0.3 is 0 Å². The molecule has 0 atom stereocenters. The van der Waals surface area contributed by atoms with Crippen LogP contribution in [0.2, 0.25) is 0 Å². The molecule has 1 fully saturated rings. The molecule has 0 nitrogen and oxygen atoms in total. The van der Waals surface area contributed by atoms with E-state index in [0.29, 0.717) is 5.92 Å². The molecule has 82 valence electrons. The van der Waals surface area contributed by atoms with Crippen LogP contribution in [0.5, 0.6) is 0 Å². The lowest BCUT2D eigenvalue weighted by molar-refractivity contribution is 0.455. The first kappa shape index (κ1) is 10.7. The largest absolute Gasteiger partial charge is 0.207 e. The molecule has 0 N–H and O–H groups in total. The summed E-state index contributed by atoms with van der Waals surface area (Å²) in [5.41, 5.74) is 1.33. The minimum Gasteiger partial charge on any atom is -0.207 e. The lowest BCUT2D eigenvalue weighted by Crippen LogP contribution is -2.02. The van der Waals surface area contributed by atoms with Crippen LogP contribution < -0.4 is 0 Å². The van der Waals surface area contributed by atoms with Gasteiger partial charge in [-0.15, -0.1) is 0 Å². The Labute approximate surface area is 91.5 Å². The molecule has 1 aliphatic rings. The van der Waals surface area contributed by atoms with Gasteiger partial charge in [-0.05, 0) is 36.5 Å². The van der Waals surface area contributed by atoms with Gasteiger partial charge in [0.25, 0.3) is 0 Å². The number of hydrogen-bond donors (Lipinski definition) is 0. The SMILES string of the molecule is Fc1ccc(C2CCCCCCC2)cc1. The van der Waals surface area contributed by atoms with Gasteiger partial charge in [0.05, 0.1) is 0 Å². The highest BCUT2D eigenvalue weighted by molar-refractivity contribution is 5.20. The zero-order valence-corrected chi connectivity index (χ0v) is 9.21. The molecule has 1 aliphatic carbocycles. The molecule has 2 rings (SSSR count). The highest BCUT2D eigenvalue weighted by Crippen LogP contribution is 2.30. The van der Waals surface area contributed by atoms with Crippen LogP contribution in [0.15, 0.2) is 24.3 Å². The smallest absolute Gasteiger partial charge is 0.123 e. The van der Waals surface area contributed by atoms with Gasteiger partial charge in [0.1, 0.15) is 5.82 Å². The Morgan fingerprint density at radius 3 is 1.93 bits per heavy atom. The predicted molar refractivity (Wildman–Crippen MR) is 61.5 cm³/mol. The van der Waals surface area contributed by atoms with Crippen LogP contribution in [0, 0.1) is 5.82 Å². The molecule has 0 heterocycles. The molecule has 1 aromatic rings. The average Bonchev–Trinajstić information content (AvgIpc) is 2.19. The van der Waals surface area contributed by atoms with Gasteiger partial charge in [0.2, 0.25) is 0 Å². The summed E-state index contributed by atoms with van der Waals surface area (Å²) in [7, 11) is 0. The molecule has 0 amide bonds. The number of halogens is 1. The van der Waals surface area contributed by atoms with Gasteiger partial charge in [0.15, 0.2) is 0 Å². The highest BCUT2D eigenvalue weighted by Gasteiger charge is 2.13. The van der Waals surface area contributed by atoms with Gasteiger partial charge in [-0.3, -0.25) is 0 Å². The highest BCUT2D eigenvalue weighted by atomic mass is 19.1. The van der Waals surface area contributed by atoms with E-state index < -0.39 is 0 Å². The molecule has 1 aromatic carbocycles. The van der Waals surface area contributed by atoms with Crippen molar-refractivity contribution in [2.24, 2.45) is 0 Å². The standard InChI is InChI=1S/C14H19F/c15-14-10-8-13(9-11-14)12-6-4-2-1-3-5-7-12/h8-12H,1-7H2. The first-order chi connectivity index (χ1) is 7.36. The quantitative estimate of drug-likeness (QED) is 0.627. The van der Waals surface area contributed by atoms with Crippen LogP contribution >= 0.6 is 0 Å². The lowest BCUT2D eigenvalue weighted by atomic mass is 9.86. The molecule has 0 saturated heterocycles. The summed E-state index contributed by atoms with van der Waals surface area (Å²) in [6.45, 7) is 0. The van der Waals surface area contributed by atoms with E-state index in [1.807, 2.05) is 12.1 Å². The summed E-state index contributed by atoms with van der Waals surface area (Å²) in [6, 6.07) is 7.10. The maximum atomic E-state index is 12.8. The van der Waals surface area contributed by atoms with E-state index in [2.05, 4.69) is 0 Å². The van der Waals surface area contributed by atoms with Gasteiger partial charge in [0, 0.05) is 0 Å². The average molecular weight is 206 g/mol. The van der Waals surface area contributed by atoms with Crippen LogP contribution in [0.3, 0.4) is 0 Å². The summed E-state index contributed by atoms with van der Waals surface area (Å²) in [5.74, 6) is 0.551. The van der Waals surface area contributed by atoms with Crippen molar-refractivity contribution in [1.29, 1.82) is 0 Å². The van der Waals surface area contributed by atoms with E-state index in [1.54, 1.807) is 12.1 Å². The van der Waals surface area contributed by atoms with Crippen molar-refractivity contribution >= 4 is 0 Å². The second kappa shape index (κ2) is 5.29. The predicted octanol–water partition coefficient (Wildman–Crippen LogP) is 4.65. The molecular formula is C14H19F. The maximum Gasteiger partial charge on any atom is 0.123 e. The van der Waals surface area contributed by atoms with E-state index in [9.17, 15) is 4.39 Å². The van der Waals surface area contributed by atoms with Crippen molar-refractivity contribution < 1.29 is 4.39 Å². The third kappa shape index (κ3) is 3.05. The van der Waals surface area contributed by atoms with Gasteiger partial charge in [-0.1, -0.05) is 44.2 Å². The van der Waals surface area contributed by atoms with Crippen molar-refractivity contribution in [3.8, 4) is 0 Å². The van der Waals surface area contributed by atoms with E-state index in [1.165, 1.54) is 50.5 Å². The molecular weight excluding hydrogens is 187 g/mol. The molecule has 0 unspecified atom stereocenters. The monoisotopic (exact) mass is 206 g/mol. The Kier molecular flexibility index (Phi) is 3.76. The maximum absolute atomic E-state index is 12.8. The Bertz CT molecular complexity index is 281. The fraction of sp³-hybridized carbons (Fsp3) is 0.571. The third-order valence-corrected chi connectivity index (χ3v) is 3.45. The number of rotatable bonds is 1. The molecule has 0 aromatic heterocycles. The van der Waals surface area contributed by atoms with Crippen LogP contribution in [0.25, 0.3) is 0 Å². The van der Waals surface area contributed by atoms with Crippen molar-refractivity contribution in [3.63, 3.8) is 0 Å². The summed E-state index contributed by atoms with van der Waals surface area (Å²) >= 11 is 0. The molecule has 0 spiro atoms. The summed E-state index contributed by atoms with van der Waals surface area (Å²) in [5, 5.41) is 0. The Morgan fingerprint density at radius 2 is 1.33 bits per heavy atom. The summed E-state index contributed by atoms with van der Waals surface area (Å²) < 4.78 is 12.8. The van der Waals surface area contributed by atoms with Crippen LogP contribution in [-0.2, 0) is 0 Å². The van der Waals surface area contributed by atoms with Crippen molar-refractivity contribution in [2.75, 3.05) is 0 Å². The van der Waals surface area contributed by atoms with E-state index >= 15 is 0 Å². The summed E-state index contributed by atoms with van der Waals surface area (Å²) in [6.07, 6.45) is 9.38. The fourth-order valence-corrected chi connectivity index (χ4v) is 2.52. The van der Waals surface area contributed by atoms with E-state index in [-0.39, 0.29) is 5.82 Å². The van der Waals surface area contributed by atoms with Crippen molar-refractivity contribution in [2.45, 2.75) is 50.9 Å². The third-order valence-electron chi connectivity index (χ3n) is 3.45. The van der Waals surface area contributed by atoms with Gasteiger partial charge < -0.3 is 0 Å². The fourth-order valence-electron chi connectivity index (χ4n) is 2.52. The molecule has 0 aliphatic heterocycles. The Balaban J connectivity index is 2.03. The first-order valence-corrected chi connectivity index (χ1v) is 6.12. The topological polar surface area (TPSA) is 0 Å². The molecule has 0 bridgehead atoms. The van der Waals surface area contributed by atoms with Crippen LogP contribution in [0.4, 0.5) is 4.39 Å². The van der Waals surface area contributed by atoms with E-state index in [0.717, 1.165) is 0 Å². The minimum absolute atomic E-state index is 0.121. The second-order valence-electron chi connectivity index (χ2n) is 4.59. The van der Waals surface area contributed by atoms with E-state index in [4.69, 9.17) is 0 Å². The summed E-state index contributed by atoms with van der Waals surface area (Å²) in [4.78, 5) is 0. The van der Waals surface area contributed by atoms with Gasteiger partial charge in [-0.25, -0.2) is 4.39 Å². The van der Waals surface area contributed by atoms with Crippen molar-refractivity contribution in [3.05, 3.63) is 35.6 Å². The second-order valence-corrected chi connectivity index (χ2v) is 4.59. The molecule has 1 saturated carbocycles. The molecule has 0 radical (unpaired) electrons.